The third-order valence-corrected chi connectivity index (χ3v) is 5.77. The molecule has 0 radical (unpaired) electrons. The molecule has 11 heteroatoms. The fourth-order valence-corrected chi connectivity index (χ4v) is 3.66. The molecular weight excluding hydrogens is 412 g/mol. The van der Waals surface area contributed by atoms with E-state index < -0.39 is 54.0 Å². The normalized spacial score (nSPS) is 20.4. The Morgan fingerprint density at radius 3 is 2.33 bits per heavy atom. The lowest BCUT2D eigenvalue weighted by molar-refractivity contribution is -0.146. The van der Waals surface area contributed by atoms with E-state index in [0.717, 1.165) is 0 Å². The van der Waals surface area contributed by atoms with Gasteiger partial charge in [0, 0.05) is 6.54 Å². The number of rotatable bonds is 11. The van der Waals surface area contributed by atoms with Gasteiger partial charge in [-0.1, -0.05) is 13.8 Å². The van der Waals surface area contributed by atoms with Gasteiger partial charge >= 0.3 is 5.97 Å². The number of aliphatic carboxylic acids is 1. The number of carbonyl (C=O) groups excluding carboxylic acids is 3. The molecule has 0 bridgehead atoms. The molecule has 10 nitrogen and oxygen atoms in total. The molecule has 5 unspecified atom stereocenters. The summed E-state index contributed by atoms with van der Waals surface area (Å²) in [6, 6.07) is -3.99. The Labute approximate surface area is 181 Å². The summed E-state index contributed by atoms with van der Waals surface area (Å²) >= 11 is 1.47. The first-order valence-corrected chi connectivity index (χ1v) is 11.5. The van der Waals surface area contributed by atoms with Crippen LogP contribution in [-0.4, -0.2) is 87.6 Å². The van der Waals surface area contributed by atoms with Gasteiger partial charge in [0.25, 0.3) is 0 Å². The van der Waals surface area contributed by atoms with Crippen LogP contribution in [-0.2, 0) is 19.2 Å². The number of nitrogens with one attached hydrogen (secondary N) is 2. The molecule has 0 aromatic carbocycles. The van der Waals surface area contributed by atoms with Crippen molar-refractivity contribution >= 4 is 35.5 Å². The number of aliphatic hydroxyl groups is 1. The van der Waals surface area contributed by atoms with Gasteiger partial charge in [-0.2, -0.15) is 11.8 Å². The smallest absolute Gasteiger partial charge is 0.326 e. The summed E-state index contributed by atoms with van der Waals surface area (Å²) in [4.78, 5) is 50.7. The predicted molar refractivity (Wildman–Crippen MR) is 114 cm³/mol. The van der Waals surface area contributed by atoms with Gasteiger partial charge in [-0.05, 0) is 44.1 Å². The van der Waals surface area contributed by atoms with E-state index in [1.807, 2.05) is 6.26 Å². The standard InChI is InChI=1S/C19H34N4O6S/c1-10(2)14(20)17(26)22-15(11(3)24)18(27)23-8-5-6-13(23)16(25)21-12(19(28)29)7-9-30-4/h10-15,24H,5-9,20H2,1-4H3,(H,21,25)(H,22,26)(H,28,29). The molecule has 3 amide bonds. The topological polar surface area (TPSA) is 162 Å². The first-order chi connectivity index (χ1) is 14.0. The lowest BCUT2D eigenvalue weighted by Gasteiger charge is -2.31. The van der Waals surface area contributed by atoms with Gasteiger partial charge < -0.3 is 31.5 Å². The minimum Gasteiger partial charge on any atom is -0.480 e. The number of amides is 3. The molecule has 6 N–H and O–H groups in total. The largest absolute Gasteiger partial charge is 0.480 e. The summed E-state index contributed by atoms with van der Waals surface area (Å²) in [7, 11) is 0. The fraction of sp³-hybridized carbons (Fsp3) is 0.789. The molecule has 0 aliphatic carbocycles. The maximum atomic E-state index is 13.0. The third-order valence-electron chi connectivity index (χ3n) is 5.13. The summed E-state index contributed by atoms with van der Waals surface area (Å²) in [6.07, 6.45) is 1.84. The number of aliphatic hydroxyl groups excluding tert-OH is 1. The van der Waals surface area contributed by atoms with Crippen LogP contribution in [0.25, 0.3) is 0 Å². The molecular formula is C19H34N4O6S. The molecule has 1 aliphatic rings. The van der Waals surface area contributed by atoms with Crippen LogP contribution in [0.1, 0.15) is 40.0 Å². The molecule has 1 heterocycles. The number of thioether (sulfide) groups is 1. The Bertz CT molecular complexity index is 630. The Balaban J connectivity index is 2.90. The summed E-state index contributed by atoms with van der Waals surface area (Å²) in [5, 5.41) is 24.4. The van der Waals surface area contributed by atoms with E-state index in [-0.39, 0.29) is 18.9 Å². The first-order valence-electron chi connectivity index (χ1n) is 10.1. The number of likely N-dealkylation sites (tertiary alicyclic amines) is 1. The van der Waals surface area contributed by atoms with Gasteiger partial charge in [0.05, 0.1) is 12.1 Å². The van der Waals surface area contributed by atoms with Crippen molar-refractivity contribution in [1.82, 2.24) is 15.5 Å². The minimum atomic E-state index is -1.25. The number of nitrogens with zero attached hydrogens (tertiary/aromatic N) is 1. The molecule has 0 aromatic heterocycles. The summed E-state index contributed by atoms with van der Waals surface area (Å²) < 4.78 is 0. The number of hydrogen-bond donors (Lipinski definition) is 5. The highest BCUT2D eigenvalue weighted by atomic mass is 32.2. The van der Waals surface area contributed by atoms with E-state index in [4.69, 9.17) is 5.73 Å². The summed E-state index contributed by atoms with van der Waals surface area (Å²) in [5.41, 5.74) is 5.82. The monoisotopic (exact) mass is 446 g/mol. The predicted octanol–water partition coefficient (Wildman–Crippen LogP) is -0.851. The average Bonchev–Trinajstić information content (AvgIpc) is 3.17. The summed E-state index contributed by atoms with van der Waals surface area (Å²) in [5.74, 6) is -2.43. The molecule has 0 aromatic rings. The highest BCUT2D eigenvalue weighted by molar-refractivity contribution is 7.98. The van der Waals surface area contributed by atoms with E-state index in [1.165, 1.54) is 23.6 Å². The Hall–Kier alpha value is -1.85. The molecule has 0 spiro atoms. The number of hydrogen-bond acceptors (Lipinski definition) is 7. The maximum Gasteiger partial charge on any atom is 0.326 e. The van der Waals surface area contributed by atoms with Crippen molar-refractivity contribution in [1.29, 1.82) is 0 Å². The molecule has 172 valence electrons. The Morgan fingerprint density at radius 1 is 1.20 bits per heavy atom. The lowest BCUT2D eigenvalue weighted by atomic mass is 10.0. The minimum absolute atomic E-state index is 0.158. The van der Waals surface area contributed by atoms with Crippen molar-refractivity contribution in [3.63, 3.8) is 0 Å². The van der Waals surface area contributed by atoms with Gasteiger partial charge in [-0.25, -0.2) is 4.79 Å². The van der Waals surface area contributed by atoms with Crippen LogP contribution in [0.15, 0.2) is 0 Å². The van der Waals surface area contributed by atoms with Crippen molar-refractivity contribution in [3.05, 3.63) is 0 Å². The van der Waals surface area contributed by atoms with Crippen molar-refractivity contribution in [2.75, 3.05) is 18.6 Å². The second-order valence-corrected chi connectivity index (χ2v) is 8.85. The van der Waals surface area contributed by atoms with Crippen LogP contribution < -0.4 is 16.4 Å². The highest BCUT2D eigenvalue weighted by Gasteiger charge is 2.40. The van der Waals surface area contributed by atoms with Crippen LogP contribution in [0.3, 0.4) is 0 Å². The Morgan fingerprint density at radius 2 is 1.83 bits per heavy atom. The van der Waals surface area contributed by atoms with Crippen LogP contribution in [0.2, 0.25) is 0 Å². The SMILES string of the molecule is CSCCC(NC(=O)C1CCCN1C(=O)C(NC(=O)C(N)C(C)C)C(C)O)C(=O)O. The van der Waals surface area contributed by atoms with E-state index >= 15 is 0 Å². The van der Waals surface area contributed by atoms with Crippen LogP contribution in [0, 0.1) is 5.92 Å². The van der Waals surface area contributed by atoms with Crippen LogP contribution in [0.5, 0.6) is 0 Å². The van der Waals surface area contributed by atoms with E-state index in [1.54, 1.807) is 13.8 Å². The quantitative estimate of drug-likeness (QED) is 0.274. The molecule has 5 atom stereocenters. The van der Waals surface area contributed by atoms with Gasteiger partial charge in [-0.15, -0.1) is 0 Å². The molecule has 1 aliphatic heterocycles. The maximum absolute atomic E-state index is 13.0. The van der Waals surface area contributed by atoms with E-state index in [0.29, 0.717) is 18.6 Å². The molecule has 1 rings (SSSR count). The zero-order valence-electron chi connectivity index (χ0n) is 18.0. The Kier molecular flexibility index (Phi) is 10.6. The van der Waals surface area contributed by atoms with E-state index in [2.05, 4.69) is 10.6 Å². The molecule has 0 saturated carbocycles. The average molecular weight is 447 g/mol. The molecule has 1 saturated heterocycles. The third kappa shape index (κ3) is 7.13. The van der Waals surface area contributed by atoms with Crippen molar-refractivity contribution in [3.8, 4) is 0 Å². The highest BCUT2D eigenvalue weighted by Crippen LogP contribution is 2.20. The van der Waals surface area contributed by atoms with Crippen molar-refractivity contribution in [2.24, 2.45) is 11.7 Å². The number of carbonyl (C=O) groups is 4. The first kappa shape index (κ1) is 26.2. The van der Waals surface area contributed by atoms with Crippen molar-refractivity contribution < 1.29 is 29.4 Å². The number of nitrogens with two attached hydrogens (primary N) is 1. The number of carboxylic acid groups (broad SMARTS) is 1. The zero-order valence-corrected chi connectivity index (χ0v) is 18.8. The van der Waals surface area contributed by atoms with Gasteiger partial charge in [0.1, 0.15) is 18.1 Å². The fourth-order valence-electron chi connectivity index (χ4n) is 3.18. The van der Waals surface area contributed by atoms with Crippen LogP contribution in [0.4, 0.5) is 0 Å². The number of carboxylic acids is 1. The second-order valence-electron chi connectivity index (χ2n) is 7.87. The van der Waals surface area contributed by atoms with Gasteiger partial charge in [-0.3, -0.25) is 14.4 Å². The van der Waals surface area contributed by atoms with Crippen molar-refractivity contribution in [2.45, 2.75) is 70.3 Å². The van der Waals surface area contributed by atoms with Crippen LogP contribution >= 0.6 is 11.8 Å². The second kappa shape index (κ2) is 12.1. The molecule has 1 fully saturated rings. The van der Waals surface area contributed by atoms with E-state index in [9.17, 15) is 29.4 Å². The summed E-state index contributed by atoms with van der Waals surface area (Å²) in [6.45, 7) is 5.17. The van der Waals surface area contributed by atoms with Gasteiger partial charge in [0.15, 0.2) is 0 Å². The zero-order chi connectivity index (χ0) is 23.0. The van der Waals surface area contributed by atoms with Gasteiger partial charge in [0.2, 0.25) is 17.7 Å². The molecule has 30 heavy (non-hydrogen) atoms. The lowest BCUT2D eigenvalue weighted by Crippen LogP contribution is -2.60.